The number of nitrogens with one attached hydrogen (secondary N) is 1. The smallest absolute Gasteiger partial charge is 0.238 e. The predicted octanol–water partition coefficient (Wildman–Crippen LogP) is 2.92. The number of benzene rings is 1. The second kappa shape index (κ2) is 8.38. The number of amides is 1. The summed E-state index contributed by atoms with van der Waals surface area (Å²) in [7, 11) is 0. The van der Waals surface area contributed by atoms with E-state index in [9.17, 15) is 4.79 Å². The van der Waals surface area contributed by atoms with Gasteiger partial charge in [-0.3, -0.25) is 9.69 Å². The molecule has 1 aromatic rings. The van der Waals surface area contributed by atoms with Crippen molar-refractivity contribution in [2.75, 3.05) is 31.6 Å². The van der Waals surface area contributed by atoms with E-state index in [2.05, 4.69) is 11.9 Å². The number of nitrogens with zero attached hydrogens (tertiary/aromatic N) is 1. The topological polar surface area (TPSA) is 41.6 Å². The predicted molar refractivity (Wildman–Crippen MR) is 83.2 cm³/mol. The van der Waals surface area contributed by atoms with Crippen molar-refractivity contribution in [3.63, 3.8) is 0 Å². The van der Waals surface area contributed by atoms with Gasteiger partial charge in [0.2, 0.25) is 5.91 Å². The van der Waals surface area contributed by atoms with Crippen LogP contribution < -0.4 is 10.1 Å². The van der Waals surface area contributed by atoms with Gasteiger partial charge in [-0.25, -0.2) is 0 Å². The van der Waals surface area contributed by atoms with Crippen LogP contribution in [0.5, 0.6) is 5.75 Å². The van der Waals surface area contributed by atoms with E-state index in [0.29, 0.717) is 13.2 Å². The van der Waals surface area contributed by atoms with Crippen LogP contribution in [0.15, 0.2) is 36.4 Å². The first-order valence-electron chi connectivity index (χ1n) is 6.94. The minimum atomic E-state index is -0.0164. The number of carbonyl (C=O) groups is 1. The fourth-order valence-electron chi connectivity index (χ4n) is 1.87. The van der Waals surface area contributed by atoms with Crippen LogP contribution in [0.3, 0.4) is 0 Å². The van der Waals surface area contributed by atoms with E-state index in [-0.39, 0.29) is 5.91 Å². The molecule has 0 saturated carbocycles. The van der Waals surface area contributed by atoms with Gasteiger partial charge in [-0.2, -0.15) is 0 Å². The van der Waals surface area contributed by atoms with Crippen molar-refractivity contribution in [3.05, 3.63) is 36.4 Å². The fraction of sp³-hybridized carbons (Fsp3) is 0.438. The van der Waals surface area contributed by atoms with E-state index in [4.69, 9.17) is 4.74 Å². The van der Waals surface area contributed by atoms with Gasteiger partial charge in [0.1, 0.15) is 5.75 Å². The molecule has 0 unspecified atom stereocenters. The maximum atomic E-state index is 12.0. The number of likely N-dealkylation sites (N-methyl/N-ethyl adjacent to an activating group) is 1. The zero-order valence-corrected chi connectivity index (χ0v) is 12.6. The fourth-order valence-corrected chi connectivity index (χ4v) is 1.87. The van der Waals surface area contributed by atoms with Gasteiger partial charge in [0.25, 0.3) is 0 Å². The molecule has 0 heterocycles. The number of ether oxygens (including phenoxy) is 1. The summed E-state index contributed by atoms with van der Waals surface area (Å²) in [6.45, 7) is 12.4. The van der Waals surface area contributed by atoms with Crippen molar-refractivity contribution in [1.82, 2.24) is 4.90 Å². The SMILES string of the molecule is C=C(C)CN(CC)CC(=O)Nc1ccc(OCC)cc1. The molecule has 0 aliphatic rings. The molecule has 0 bridgehead atoms. The molecule has 0 radical (unpaired) electrons. The first-order chi connectivity index (χ1) is 9.55. The molecule has 4 heteroatoms. The quantitative estimate of drug-likeness (QED) is 0.742. The summed E-state index contributed by atoms with van der Waals surface area (Å²) in [6.07, 6.45) is 0. The second-order valence-electron chi connectivity index (χ2n) is 4.77. The molecule has 20 heavy (non-hydrogen) atoms. The number of hydrogen-bond acceptors (Lipinski definition) is 3. The third-order valence-corrected chi connectivity index (χ3v) is 2.76. The highest BCUT2D eigenvalue weighted by Gasteiger charge is 2.09. The van der Waals surface area contributed by atoms with E-state index < -0.39 is 0 Å². The Hall–Kier alpha value is -1.81. The van der Waals surface area contributed by atoms with Crippen LogP contribution in [0.25, 0.3) is 0 Å². The summed E-state index contributed by atoms with van der Waals surface area (Å²) < 4.78 is 5.36. The van der Waals surface area contributed by atoms with Crippen LogP contribution in [-0.4, -0.2) is 37.0 Å². The van der Waals surface area contributed by atoms with Crippen LogP contribution in [0, 0.1) is 0 Å². The molecule has 0 fully saturated rings. The zero-order chi connectivity index (χ0) is 15.0. The first-order valence-corrected chi connectivity index (χ1v) is 6.94. The van der Waals surface area contributed by atoms with Crippen molar-refractivity contribution in [3.8, 4) is 5.75 Å². The van der Waals surface area contributed by atoms with Crippen LogP contribution in [-0.2, 0) is 4.79 Å². The minimum absolute atomic E-state index is 0.0164. The largest absolute Gasteiger partial charge is 0.494 e. The molecule has 0 aliphatic carbocycles. The summed E-state index contributed by atoms with van der Waals surface area (Å²) >= 11 is 0. The Morgan fingerprint density at radius 1 is 1.25 bits per heavy atom. The molecule has 0 aliphatic heterocycles. The van der Waals surface area contributed by atoms with Crippen molar-refractivity contribution in [2.45, 2.75) is 20.8 Å². The van der Waals surface area contributed by atoms with E-state index in [0.717, 1.165) is 30.1 Å². The third-order valence-electron chi connectivity index (χ3n) is 2.76. The Kier molecular flexibility index (Phi) is 6.81. The van der Waals surface area contributed by atoms with Crippen LogP contribution in [0.2, 0.25) is 0 Å². The van der Waals surface area contributed by atoms with Gasteiger partial charge in [0.05, 0.1) is 13.2 Å². The molecule has 1 N–H and O–H groups in total. The van der Waals surface area contributed by atoms with Gasteiger partial charge >= 0.3 is 0 Å². The summed E-state index contributed by atoms with van der Waals surface area (Å²) in [5.41, 5.74) is 1.84. The lowest BCUT2D eigenvalue weighted by Crippen LogP contribution is -2.34. The Morgan fingerprint density at radius 3 is 2.40 bits per heavy atom. The Labute approximate surface area is 121 Å². The molecule has 110 valence electrons. The van der Waals surface area contributed by atoms with Crippen LogP contribution in [0.1, 0.15) is 20.8 Å². The number of carbonyl (C=O) groups excluding carboxylic acids is 1. The number of hydrogen-bond donors (Lipinski definition) is 1. The monoisotopic (exact) mass is 276 g/mol. The average Bonchev–Trinajstić information content (AvgIpc) is 2.40. The Morgan fingerprint density at radius 2 is 1.90 bits per heavy atom. The molecule has 1 amide bonds. The lowest BCUT2D eigenvalue weighted by Gasteiger charge is -2.19. The molecule has 0 aromatic heterocycles. The lowest BCUT2D eigenvalue weighted by molar-refractivity contribution is -0.117. The van der Waals surface area contributed by atoms with Crippen molar-refractivity contribution in [2.24, 2.45) is 0 Å². The highest BCUT2D eigenvalue weighted by Crippen LogP contribution is 2.15. The molecular weight excluding hydrogens is 252 g/mol. The molecule has 0 saturated heterocycles. The number of anilines is 1. The van der Waals surface area contributed by atoms with Gasteiger partial charge in [0, 0.05) is 12.2 Å². The van der Waals surface area contributed by atoms with Crippen LogP contribution in [0.4, 0.5) is 5.69 Å². The second-order valence-corrected chi connectivity index (χ2v) is 4.77. The summed E-state index contributed by atoms with van der Waals surface area (Å²) in [6, 6.07) is 7.39. The van der Waals surface area contributed by atoms with E-state index in [1.807, 2.05) is 49.9 Å². The van der Waals surface area contributed by atoms with Gasteiger partial charge < -0.3 is 10.1 Å². The summed E-state index contributed by atoms with van der Waals surface area (Å²) in [5.74, 6) is 0.792. The average molecular weight is 276 g/mol. The normalized spacial score (nSPS) is 10.4. The first kappa shape index (κ1) is 16.2. The zero-order valence-electron chi connectivity index (χ0n) is 12.6. The number of rotatable bonds is 8. The van der Waals surface area contributed by atoms with Crippen molar-refractivity contribution < 1.29 is 9.53 Å². The standard InChI is InChI=1S/C16H24N2O2/c1-5-18(11-13(3)4)12-16(19)17-14-7-9-15(10-8-14)20-6-2/h7-10H,3,5-6,11-12H2,1-2,4H3,(H,17,19). The lowest BCUT2D eigenvalue weighted by atomic mass is 10.3. The molecule has 4 nitrogen and oxygen atoms in total. The van der Waals surface area contributed by atoms with Gasteiger partial charge in [-0.15, -0.1) is 0 Å². The third kappa shape index (κ3) is 5.89. The highest BCUT2D eigenvalue weighted by molar-refractivity contribution is 5.92. The van der Waals surface area contributed by atoms with E-state index in [1.54, 1.807) is 0 Å². The molecule has 0 atom stereocenters. The molecule has 1 aromatic carbocycles. The van der Waals surface area contributed by atoms with Crippen molar-refractivity contribution in [1.29, 1.82) is 0 Å². The van der Waals surface area contributed by atoms with Gasteiger partial charge in [-0.05, 0) is 44.7 Å². The van der Waals surface area contributed by atoms with Crippen molar-refractivity contribution >= 4 is 11.6 Å². The van der Waals surface area contributed by atoms with Crippen LogP contribution >= 0.6 is 0 Å². The van der Waals surface area contributed by atoms with Gasteiger partial charge in [-0.1, -0.05) is 19.1 Å². The molecule has 0 spiro atoms. The van der Waals surface area contributed by atoms with Gasteiger partial charge in [0.15, 0.2) is 0 Å². The summed E-state index contributed by atoms with van der Waals surface area (Å²) in [4.78, 5) is 14.0. The maximum Gasteiger partial charge on any atom is 0.238 e. The summed E-state index contributed by atoms with van der Waals surface area (Å²) in [5, 5.41) is 2.88. The maximum absolute atomic E-state index is 12.0. The molecule has 1 rings (SSSR count). The Bertz CT molecular complexity index is 440. The molecular formula is C16H24N2O2. The minimum Gasteiger partial charge on any atom is -0.494 e. The Balaban J connectivity index is 2.50. The van der Waals surface area contributed by atoms with E-state index >= 15 is 0 Å². The highest BCUT2D eigenvalue weighted by atomic mass is 16.5. The van der Waals surface area contributed by atoms with E-state index in [1.165, 1.54) is 0 Å².